The van der Waals surface area contributed by atoms with Crippen molar-refractivity contribution in [1.82, 2.24) is 4.31 Å². The van der Waals surface area contributed by atoms with Crippen LogP contribution in [0.4, 0.5) is 11.4 Å². The fourth-order valence-corrected chi connectivity index (χ4v) is 5.03. The molecule has 11 nitrogen and oxygen atoms in total. The summed E-state index contributed by atoms with van der Waals surface area (Å²) < 4.78 is 37.7. The molecule has 0 aromatic heterocycles. The summed E-state index contributed by atoms with van der Waals surface area (Å²) in [4.78, 5) is 34.3. The SMILES string of the molecule is COc1ccc(NC(=O)COC(=O)c2ccc([N+](=O)[O-])cc2)cc1S(=O)(=O)N1CCCCC1. The molecule has 1 aliphatic heterocycles. The first-order valence-corrected chi connectivity index (χ1v) is 11.6. The molecule has 0 aliphatic carbocycles. The maximum absolute atomic E-state index is 13.1. The molecule has 1 amide bonds. The van der Waals surface area contributed by atoms with Crippen molar-refractivity contribution >= 4 is 33.3 Å². The number of hydrogen-bond donors (Lipinski definition) is 1. The number of nitrogens with zero attached hydrogens (tertiary/aromatic N) is 2. The third-order valence-electron chi connectivity index (χ3n) is 5.03. The van der Waals surface area contributed by atoms with Gasteiger partial charge in [-0.1, -0.05) is 6.42 Å². The average Bonchev–Trinajstić information content (AvgIpc) is 2.83. The Morgan fingerprint density at radius 3 is 2.36 bits per heavy atom. The normalized spacial score (nSPS) is 14.3. The Kier molecular flexibility index (Phi) is 7.61. The van der Waals surface area contributed by atoms with Crippen LogP contribution < -0.4 is 10.1 Å². The molecule has 12 heteroatoms. The van der Waals surface area contributed by atoms with Crippen LogP contribution in [0.5, 0.6) is 5.75 Å². The number of non-ortho nitro benzene ring substituents is 1. The predicted octanol–water partition coefficient (Wildman–Crippen LogP) is 2.57. The van der Waals surface area contributed by atoms with E-state index in [1.807, 2.05) is 0 Å². The summed E-state index contributed by atoms with van der Waals surface area (Å²) in [5.74, 6) is -1.36. The van der Waals surface area contributed by atoms with Crippen LogP contribution in [-0.2, 0) is 19.6 Å². The van der Waals surface area contributed by atoms with E-state index in [0.29, 0.717) is 13.1 Å². The molecule has 1 saturated heterocycles. The minimum Gasteiger partial charge on any atom is -0.495 e. The lowest BCUT2D eigenvalue weighted by Gasteiger charge is -2.26. The molecule has 1 N–H and O–H groups in total. The van der Waals surface area contributed by atoms with Crippen LogP contribution in [0.2, 0.25) is 0 Å². The number of nitro groups is 1. The van der Waals surface area contributed by atoms with E-state index in [-0.39, 0.29) is 27.6 Å². The molecule has 1 aliphatic rings. The van der Waals surface area contributed by atoms with Crippen LogP contribution in [0, 0.1) is 10.1 Å². The second-order valence-corrected chi connectivity index (χ2v) is 9.17. The number of anilines is 1. The highest BCUT2D eigenvalue weighted by atomic mass is 32.2. The number of piperidine rings is 1. The Morgan fingerprint density at radius 2 is 1.76 bits per heavy atom. The van der Waals surface area contributed by atoms with E-state index in [0.717, 1.165) is 31.4 Å². The molecular weight excluding hydrogens is 454 g/mol. The van der Waals surface area contributed by atoms with Gasteiger partial charge in [0.15, 0.2) is 6.61 Å². The van der Waals surface area contributed by atoms with Gasteiger partial charge in [-0.25, -0.2) is 13.2 Å². The fraction of sp³-hybridized carbons (Fsp3) is 0.333. The van der Waals surface area contributed by atoms with Crippen LogP contribution in [0.3, 0.4) is 0 Å². The van der Waals surface area contributed by atoms with Gasteiger partial charge < -0.3 is 14.8 Å². The van der Waals surface area contributed by atoms with Crippen LogP contribution >= 0.6 is 0 Å². The van der Waals surface area contributed by atoms with Gasteiger partial charge in [-0.15, -0.1) is 0 Å². The maximum Gasteiger partial charge on any atom is 0.338 e. The Balaban J connectivity index is 1.66. The molecule has 2 aromatic carbocycles. The van der Waals surface area contributed by atoms with Crippen LogP contribution in [0.1, 0.15) is 29.6 Å². The molecule has 0 atom stereocenters. The van der Waals surface area contributed by atoms with Crippen molar-refractivity contribution in [1.29, 1.82) is 0 Å². The summed E-state index contributed by atoms with van der Waals surface area (Å²) in [7, 11) is -2.45. The summed E-state index contributed by atoms with van der Waals surface area (Å²) >= 11 is 0. The molecular formula is C21H23N3O8S. The number of carbonyl (C=O) groups excluding carboxylic acids is 2. The van der Waals surface area contributed by atoms with E-state index in [1.54, 1.807) is 0 Å². The number of hydrogen-bond acceptors (Lipinski definition) is 8. The highest BCUT2D eigenvalue weighted by molar-refractivity contribution is 7.89. The summed E-state index contributed by atoms with van der Waals surface area (Å²) in [6, 6.07) is 8.97. The van der Waals surface area contributed by atoms with Crippen molar-refractivity contribution in [3.63, 3.8) is 0 Å². The fourth-order valence-electron chi connectivity index (χ4n) is 3.33. The van der Waals surface area contributed by atoms with Crippen LogP contribution in [0.15, 0.2) is 47.4 Å². The van der Waals surface area contributed by atoms with Gasteiger partial charge in [0.1, 0.15) is 10.6 Å². The summed E-state index contributed by atoms with van der Waals surface area (Å²) in [6.07, 6.45) is 2.52. The molecule has 3 rings (SSSR count). The van der Waals surface area contributed by atoms with Gasteiger partial charge in [0.05, 0.1) is 17.6 Å². The Morgan fingerprint density at radius 1 is 1.09 bits per heavy atom. The standard InChI is InChI=1S/C21H23N3O8S/c1-31-18-10-7-16(13-19(18)33(29,30)23-11-3-2-4-12-23)22-20(25)14-32-21(26)15-5-8-17(9-6-15)24(27)28/h5-10,13H,2-4,11-12,14H2,1H3,(H,22,25). The maximum atomic E-state index is 13.1. The largest absolute Gasteiger partial charge is 0.495 e. The molecule has 0 unspecified atom stereocenters. The Bertz CT molecular complexity index is 1140. The first-order valence-electron chi connectivity index (χ1n) is 10.1. The van der Waals surface area contributed by atoms with Crippen LogP contribution in [0.25, 0.3) is 0 Å². The average molecular weight is 477 g/mol. The zero-order valence-electron chi connectivity index (χ0n) is 17.9. The van der Waals surface area contributed by atoms with Crippen molar-refractivity contribution < 1.29 is 32.4 Å². The molecule has 176 valence electrons. The van der Waals surface area contributed by atoms with Gasteiger partial charge >= 0.3 is 5.97 Å². The topological polar surface area (TPSA) is 145 Å². The number of methoxy groups -OCH3 is 1. The second-order valence-electron chi connectivity index (χ2n) is 7.26. The first kappa shape index (κ1) is 24.1. The molecule has 0 spiro atoms. The van der Waals surface area contributed by atoms with E-state index >= 15 is 0 Å². The van der Waals surface area contributed by atoms with Crippen molar-refractivity contribution in [2.75, 3.05) is 32.1 Å². The van der Waals surface area contributed by atoms with Crippen molar-refractivity contribution in [3.8, 4) is 5.75 Å². The van der Waals surface area contributed by atoms with Crippen molar-refractivity contribution in [2.45, 2.75) is 24.2 Å². The predicted molar refractivity (Wildman–Crippen MR) is 118 cm³/mol. The molecule has 1 fully saturated rings. The van der Waals surface area contributed by atoms with Gasteiger partial charge in [0.2, 0.25) is 10.0 Å². The van der Waals surface area contributed by atoms with E-state index in [9.17, 15) is 28.1 Å². The zero-order valence-corrected chi connectivity index (χ0v) is 18.7. The van der Waals surface area contributed by atoms with Gasteiger partial charge in [0, 0.05) is 30.9 Å². The second kappa shape index (κ2) is 10.4. The molecule has 0 saturated carbocycles. The van der Waals surface area contributed by atoms with E-state index < -0.39 is 33.4 Å². The van der Waals surface area contributed by atoms with Gasteiger partial charge in [-0.05, 0) is 43.2 Å². The number of benzene rings is 2. The third-order valence-corrected chi connectivity index (χ3v) is 6.95. The van der Waals surface area contributed by atoms with Gasteiger partial charge in [-0.3, -0.25) is 14.9 Å². The lowest BCUT2D eigenvalue weighted by Crippen LogP contribution is -2.35. The monoisotopic (exact) mass is 477 g/mol. The highest BCUT2D eigenvalue weighted by Gasteiger charge is 2.29. The van der Waals surface area contributed by atoms with Gasteiger partial charge in [-0.2, -0.15) is 4.31 Å². The minimum atomic E-state index is -3.81. The highest BCUT2D eigenvalue weighted by Crippen LogP contribution is 2.31. The zero-order chi connectivity index (χ0) is 24.0. The first-order chi connectivity index (χ1) is 15.7. The quantitative estimate of drug-likeness (QED) is 0.347. The lowest BCUT2D eigenvalue weighted by molar-refractivity contribution is -0.384. The van der Waals surface area contributed by atoms with E-state index in [1.165, 1.54) is 41.7 Å². The summed E-state index contributed by atoms with van der Waals surface area (Å²) in [6.45, 7) is 0.206. The number of rotatable bonds is 8. The third kappa shape index (κ3) is 5.84. The summed E-state index contributed by atoms with van der Waals surface area (Å²) in [5.41, 5.74) is 0.0645. The lowest BCUT2D eigenvalue weighted by atomic mass is 10.2. The number of ether oxygens (including phenoxy) is 2. The van der Waals surface area contributed by atoms with E-state index in [2.05, 4.69) is 5.32 Å². The van der Waals surface area contributed by atoms with Crippen LogP contribution in [-0.4, -0.2) is 56.3 Å². The smallest absolute Gasteiger partial charge is 0.338 e. The molecule has 0 bridgehead atoms. The number of nitrogens with one attached hydrogen (secondary N) is 1. The Labute approximate surface area is 190 Å². The summed E-state index contributed by atoms with van der Waals surface area (Å²) in [5, 5.41) is 13.2. The number of esters is 1. The van der Waals surface area contributed by atoms with E-state index in [4.69, 9.17) is 9.47 Å². The van der Waals surface area contributed by atoms with Gasteiger partial charge in [0.25, 0.3) is 11.6 Å². The molecule has 2 aromatic rings. The number of sulfonamides is 1. The molecule has 33 heavy (non-hydrogen) atoms. The number of amides is 1. The molecule has 0 radical (unpaired) electrons. The van der Waals surface area contributed by atoms with Crippen molar-refractivity contribution in [3.05, 3.63) is 58.1 Å². The number of nitro benzene ring substituents is 1. The minimum absolute atomic E-state index is 0.0489. The molecule has 1 heterocycles. The van der Waals surface area contributed by atoms with Crippen molar-refractivity contribution in [2.24, 2.45) is 0 Å². The number of carbonyl (C=O) groups is 2. The Hall–Kier alpha value is -3.51.